The fraction of sp³-hybridized carbons (Fsp3) is 0.125. The standard InChI is InChI=1S/C8H8O4.Na.H/c9-6-4-2-1-3-5(6)7(10)8(11)12;;/h1-4,7,9-10H,(H,11,12);;/q;+1;-1/t7-;;/m1../s1. The fourth-order valence-corrected chi connectivity index (χ4v) is 0.852. The summed E-state index contributed by atoms with van der Waals surface area (Å²) in [5.74, 6) is -1.59. The molecule has 0 bridgehead atoms. The van der Waals surface area contributed by atoms with Crippen LogP contribution in [-0.2, 0) is 4.79 Å². The molecule has 0 aliphatic heterocycles. The van der Waals surface area contributed by atoms with Crippen molar-refractivity contribution in [2.24, 2.45) is 0 Å². The smallest absolute Gasteiger partial charge is 1.00 e. The Balaban J connectivity index is 0. The molecule has 0 aromatic heterocycles. The molecule has 1 aromatic carbocycles. The first-order chi connectivity index (χ1) is 5.63. The van der Waals surface area contributed by atoms with E-state index in [1.54, 1.807) is 12.1 Å². The number of carboxylic acids is 1. The van der Waals surface area contributed by atoms with E-state index in [1.165, 1.54) is 12.1 Å². The van der Waals surface area contributed by atoms with E-state index in [0.717, 1.165) is 0 Å². The number of phenolic OH excluding ortho intramolecular Hbond substituents is 1. The number of aliphatic hydroxyl groups excluding tert-OH is 1. The Morgan fingerprint density at radius 2 is 1.92 bits per heavy atom. The molecular weight excluding hydrogens is 183 g/mol. The minimum atomic E-state index is -1.66. The maximum atomic E-state index is 10.3. The van der Waals surface area contributed by atoms with Crippen LogP contribution in [0.25, 0.3) is 0 Å². The van der Waals surface area contributed by atoms with Crippen LogP contribution in [0.1, 0.15) is 13.1 Å². The van der Waals surface area contributed by atoms with Gasteiger partial charge in [-0.1, -0.05) is 18.2 Å². The minimum absolute atomic E-state index is 0. The number of phenols is 1. The Bertz CT molecular complexity index is 305. The first-order valence-electron chi connectivity index (χ1n) is 3.31. The van der Waals surface area contributed by atoms with E-state index in [0.29, 0.717) is 0 Å². The number of hydrogen-bond acceptors (Lipinski definition) is 3. The van der Waals surface area contributed by atoms with Gasteiger partial charge in [0.2, 0.25) is 0 Å². The molecule has 0 saturated heterocycles. The number of aliphatic carboxylic acids is 1. The summed E-state index contributed by atoms with van der Waals surface area (Å²) in [4.78, 5) is 10.3. The van der Waals surface area contributed by atoms with Crippen LogP contribution in [0, 0.1) is 0 Å². The summed E-state index contributed by atoms with van der Waals surface area (Å²) in [7, 11) is 0. The number of carboxylic acid groups (broad SMARTS) is 1. The van der Waals surface area contributed by atoms with Crippen molar-refractivity contribution in [2.45, 2.75) is 6.10 Å². The van der Waals surface area contributed by atoms with Gasteiger partial charge in [0.1, 0.15) is 5.75 Å². The van der Waals surface area contributed by atoms with Gasteiger partial charge in [0, 0.05) is 5.56 Å². The van der Waals surface area contributed by atoms with Gasteiger partial charge in [0.25, 0.3) is 0 Å². The molecule has 5 heteroatoms. The van der Waals surface area contributed by atoms with Crippen LogP contribution in [0.5, 0.6) is 5.75 Å². The van der Waals surface area contributed by atoms with Crippen LogP contribution in [0.2, 0.25) is 0 Å². The van der Waals surface area contributed by atoms with Crippen molar-refractivity contribution in [3.05, 3.63) is 29.8 Å². The van der Waals surface area contributed by atoms with Crippen molar-refractivity contribution >= 4 is 5.97 Å². The number of rotatable bonds is 2. The predicted molar refractivity (Wildman–Crippen MR) is 41.8 cm³/mol. The predicted octanol–water partition coefficient (Wildman–Crippen LogP) is -2.37. The zero-order valence-electron chi connectivity index (χ0n) is 8.14. The van der Waals surface area contributed by atoms with Gasteiger partial charge >= 0.3 is 35.5 Å². The van der Waals surface area contributed by atoms with Crippen molar-refractivity contribution < 1.29 is 51.1 Å². The first kappa shape index (κ1) is 12.4. The van der Waals surface area contributed by atoms with Crippen molar-refractivity contribution in [1.82, 2.24) is 0 Å². The van der Waals surface area contributed by atoms with Crippen LogP contribution >= 0.6 is 0 Å². The summed E-state index contributed by atoms with van der Waals surface area (Å²) >= 11 is 0. The monoisotopic (exact) mass is 192 g/mol. The Kier molecular flexibility index (Phi) is 5.02. The van der Waals surface area contributed by atoms with E-state index in [1.807, 2.05) is 0 Å². The minimum Gasteiger partial charge on any atom is -1.00 e. The second kappa shape index (κ2) is 5.24. The molecule has 1 atom stereocenters. The van der Waals surface area contributed by atoms with Crippen molar-refractivity contribution in [3.63, 3.8) is 0 Å². The van der Waals surface area contributed by atoms with Gasteiger partial charge in [0.15, 0.2) is 6.10 Å². The average Bonchev–Trinajstić information content (AvgIpc) is 2.04. The third kappa shape index (κ3) is 3.00. The van der Waals surface area contributed by atoms with Crippen LogP contribution in [-0.4, -0.2) is 21.3 Å². The SMILES string of the molecule is O=C(O)[C@H](O)c1ccccc1O.[H-].[Na+]. The maximum absolute atomic E-state index is 10.3. The zero-order valence-corrected chi connectivity index (χ0v) is 9.14. The van der Waals surface area contributed by atoms with Gasteiger partial charge in [0.05, 0.1) is 0 Å². The quantitative estimate of drug-likeness (QED) is 0.457. The Labute approximate surface area is 98.6 Å². The summed E-state index contributed by atoms with van der Waals surface area (Å²) in [5, 5.41) is 26.5. The molecule has 1 rings (SSSR count). The molecule has 0 amide bonds. The zero-order chi connectivity index (χ0) is 9.14. The van der Waals surface area contributed by atoms with E-state index in [-0.39, 0.29) is 42.3 Å². The van der Waals surface area contributed by atoms with E-state index in [4.69, 9.17) is 15.3 Å². The normalized spacial score (nSPS) is 11.5. The molecule has 4 nitrogen and oxygen atoms in total. The molecule has 1 aromatic rings. The van der Waals surface area contributed by atoms with Gasteiger partial charge < -0.3 is 16.7 Å². The van der Waals surface area contributed by atoms with Gasteiger partial charge in [-0.25, -0.2) is 4.79 Å². The Hall–Kier alpha value is -0.550. The van der Waals surface area contributed by atoms with Crippen molar-refractivity contribution in [1.29, 1.82) is 0 Å². The van der Waals surface area contributed by atoms with Crippen molar-refractivity contribution in [2.75, 3.05) is 0 Å². The molecule has 3 N–H and O–H groups in total. The van der Waals surface area contributed by atoms with Gasteiger partial charge in [-0.05, 0) is 6.07 Å². The van der Waals surface area contributed by atoms with Gasteiger partial charge in [-0.2, -0.15) is 0 Å². The number of para-hydroxylation sites is 1. The van der Waals surface area contributed by atoms with Gasteiger partial charge in [-0.3, -0.25) is 0 Å². The molecule has 0 aliphatic rings. The number of aliphatic hydroxyl groups is 1. The second-order valence-electron chi connectivity index (χ2n) is 2.30. The molecule has 0 spiro atoms. The van der Waals surface area contributed by atoms with E-state index in [2.05, 4.69) is 0 Å². The van der Waals surface area contributed by atoms with Crippen molar-refractivity contribution in [3.8, 4) is 5.75 Å². The Morgan fingerprint density at radius 3 is 2.38 bits per heavy atom. The number of benzene rings is 1. The van der Waals surface area contributed by atoms with Crippen LogP contribution < -0.4 is 29.6 Å². The third-order valence-electron chi connectivity index (χ3n) is 1.47. The summed E-state index contributed by atoms with van der Waals surface area (Å²) in [6.07, 6.45) is -1.66. The molecule has 13 heavy (non-hydrogen) atoms. The summed E-state index contributed by atoms with van der Waals surface area (Å²) in [6.45, 7) is 0. The van der Waals surface area contributed by atoms with E-state index >= 15 is 0 Å². The molecule has 66 valence electrons. The summed E-state index contributed by atoms with van der Waals surface area (Å²) < 4.78 is 0. The summed E-state index contributed by atoms with van der Waals surface area (Å²) in [6, 6.07) is 5.77. The van der Waals surface area contributed by atoms with Crippen LogP contribution in [0.4, 0.5) is 0 Å². The molecule has 0 fully saturated rings. The van der Waals surface area contributed by atoms with Crippen LogP contribution in [0.15, 0.2) is 24.3 Å². The van der Waals surface area contributed by atoms with Gasteiger partial charge in [-0.15, -0.1) is 0 Å². The Morgan fingerprint density at radius 1 is 1.38 bits per heavy atom. The first-order valence-corrected chi connectivity index (χ1v) is 3.31. The molecule has 0 saturated carbocycles. The van der Waals surface area contributed by atoms with E-state index < -0.39 is 12.1 Å². The third-order valence-corrected chi connectivity index (χ3v) is 1.47. The van der Waals surface area contributed by atoms with E-state index in [9.17, 15) is 4.79 Å². The molecule has 0 aliphatic carbocycles. The topological polar surface area (TPSA) is 77.8 Å². The number of aromatic hydroxyl groups is 1. The molecule has 0 heterocycles. The summed E-state index contributed by atoms with van der Waals surface area (Å²) in [5.41, 5.74) is 0.00463. The second-order valence-corrected chi connectivity index (χ2v) is 2.30. The molecule has 0 radical (unpaired) electrons. The number of hydrogen-bond donors (Lipinski definition) is 3. The largest absolute Gasteiger partial charge is 1.00 e. The molecular formula is C8H9NaO4. The molecule has 0 unspecified atom stereocenters. The van der Waals surface area contributed by atoms with Crippen LogP contribution in [0.3, 0.4) is 0 Å². The fourth-order valence-electron chi connectivity index (χ4n) is 0.852. The average molecular weight is 192 g/mol. The number of carbonyl (C=O) groups is 1. The maximum Gasteiger partial charge on any atom is 1.00 e.